The van der Waals surface area contributed by atoms with Crippen LogP contribution < -0.4 is 40.1 Å². The lowest BCUT2D eigenvalue weighted by Gasteiger charge is -2.36. The van der Waals surface area contributed by atoms with Gasteiger partial charge in [-0.05, 0) is 81.4 Å². The van der Waals surface area contributed by atoms with Gasteiger partial charge in [0.2, 0.25) is 0 Å². The van der Waals surface area contributed by atoms with Crippen molar-refractivity contribution in [1.82, 2.24) is 15.1 Å². The number of carbonyl (C=O) groups excluding carboxylic acids is 5. The van der Waals surface area contributed by atoms with Crippen LogP contribution in [0.25, 0.3) is 0 Å². The lowest BCUT2D eigenvalue weighted by molar-refractivity contribution is -0.134. The Hall–Kier alpha value is -6.77. The second kappa shape index (κ2) is 26.6. The average molecular weight is 1050 g/mol. The van der Waals surface area contributed by atoms with Gasteiger partial charge in [-0.25, -0.2) is 23.2 Å². The second-order valence-electron chi connectivity index (χ2n) is 17.6. The van der Waals surface area contributed by atoms with Crippen LogP contribution in [0, 0.1) is 11.6 Å². The maximum atomic E-state index is 15.1. The number of ether oxygens (including phenoxy) is 5. The largest absolute Gasteiger partial charge is 0.484 e. The predicted molar refractivity (Wildman–Crippen MR) is 274 cm³/mol. The van der Waals surface area contributed by atoms with Crippen molar-refractivity contribution in [3.05, 3.63) is 109 Å². The summed E-state index contributed by atoms with van der Waals surface area (Å²) in [5.41, 5.74) is 6.56. The van der Waals surface area contributed by atoms with E-state index in [0.29, 0.717) is 93.2 Å². The molecule has 72 heavy (non-hydrogen) atoms. The summed E-state index contributed by atoms with van der Waals surface area (Å²) in [6, 6.07) is 27.6. The number of amides is 5. The van der Waals surface area contributed by atoms with E-state index in [1.807, 2.05) is 46.2 Å². The van der Waals surface area contributed by atoms with Crippen molar-refractivity contribution in [3.63, 3.8) is 0 Å². The molecule has 4 heterocycles. The fourth-order valence-electron chi connectivity index (χ4n) is 7.95. The van der Waals surface area contributed by atoms with Crippen LogP contribution in [0.5, 0.6) is 11.5 Å². The van der Waals surface area contributed by atoms with Gasteiger partial charge < -0.3 is 54.3 Å². The Morgan fingerprint density at radius 3 is 1.42 bits per heavy atom. The van der Waals surface area contributed by atoms with Gasteiger partial charge in [0.05, 0.1) is 42.4 Å². The molecule has 4 saturated heterocycles. The second-order valence-corrected chi connectivity index (χ2v) is 17.6. The van der Waals surface area contributed by atoms with Crippen LogP contribution in [-0.4, -0.2) is 149 Å². The number of rotatable bonds is 13. The highest BCUT2D eigenvalue weighted by Crippen LogP contribution is 2.30. The zero-order valence-corrected chi connectivity index (χ0v) is 41.3. The summed E-state index contributed by atoms with van der Waals surface area (Å²) in [6.07, 6.45) is -2.71. The predicted octanol–water partition coefficient (Wildman–Crippen LogP) is 6.72. The van der Waals surface area contributed by atoms with Crippen molar-refractivity contribution in [2.75, 3.05) is 111 Å². The third-order valence-electron chi connectivity index (χ3n) is 11.5. The normalized spacial score (nSPS) is 17.5. The minimum absolute atomic E-state index is 0. The zero-order chi connectivity index (χ0) is 49.1. The first-order valence-corrected chi connectivity index (χ1v) is 22.8. The van der Waals surface area contributed by atoms with Crippen molar-refractivity contribution >= 4 is 77.7 Å². The number of cyclic esters (lactones) is 2. The summed E-state index contributed by atoms with van der Waals surface area (Å²) < 4.78 is 56.6. The highest BCUT2D eigenvalue weighted by molar-refractivity contribution is 5.91. The van der Waals surface area contributed by atoms with E-state index in [0.717, 1.165) is 0 Å². The van der Waals surface area contributed by atoms with Gasteiger partial charge >= 0.3 is 18.3 Å². The van der Waals surface area contributed by atoms with Gasteiger partial charge in [0.1, 0.15) is 40.9 Å². The third kappa shape index (κ3) is 15.6. The molecular formula is C50H64Cl2F2N8O10. The molecule has 22 heteroatoms. The van der Waals surface area contributed by atoms with Crippen molar-refractivity contribution in [2.24, 2.45) is 5.73 Å². The molecule has 0 aromatic heterocycles. The van der Waals surface area contributed by atoms with Crippen molar-refractivity contribution in [2.45, 2.75) is 46.0 Å². The number of hydrogen-bond acceptors (Lipinski definition) is 13. The van der Waals surface area contributed by atoms with Crippen LogP contribution in [0.3, 0.4) is 0 Å². The summed E-state index contributed by atoms with van der Waals surface area (Å²) in [5.74, 6) is 0.172. The fraction of sp³-hybridized carbons (Fsp3) is 0.420. The molecule has 0 spiro atoms. The Morgan fingerprint density at radius 1 is 0.639 bits per heavy atom. The van der Waals surface area contributed by atoms with Crippen molar-refractivity contribution in [1.29, 1.82) is 0 Å². The Kier molecular flexibility index (Phi) is 21.4. The number of anilines is 4. The van der Waals surface area contributed by atoms with Crippen LogP contribution in [0.1, 0.15) is 28.2 Å². The van der Waals surface area contributed by atoms with Gasteiger partial charge in [0.25, 0.3) is 11.8 Å². The zero-order valence-electron chi connectivity index (χ0n) is 39.7. The Balaban J connectivity index is 0.000000305. The topological polar surface area (TPSA) is 189 Å². The van der Waals surface area contributed by atoms with E-state index >= 15 is 4.39 Å². The van der Waals surface area contributed by atoms with E-state index in [4.69, 9.17) is 29.4 Å². The molecule has 3 N–H and O–H groups in total. The summed E-state index contributed by atoms with van der Waals surface area (Å²) in [6.45, 7) is 9.78. The van der Waals surface area contributed by atoms with E-state index < -0.39 is 41.6 Å². The van der Waals surface area contributed by atoms with Crippen LogP contribution in [0.2, 0.25) is 0 Å². The number of para-hydroxylation sites is 2. The number of carbonyl (C=O) groups is 5. The Morgan fingerprint density at radius 2 is 1.04 bits per heavy atom. The summed E-state index contributed by atoms with van der Waals surface area (Å²) >= 11 is 0. The Bertz CT molecular complexity index is 2430. The molecule has 4 aromatic rings. The molecule has 18 nitrogen and oxygen atoms in total. The minimum atomic E-state index is -0.638. The van der Waals surface area contributed by atoms with Crippen LogP contribution in [0.4, 0.5) is 45.9 Å². The lowest BCUT2D eigenvalue weighted by Crippen LogP contribution is -2.50. The van der Waals surface area contributed by atoms with E-state index in [-0.39, 0.29) is 83.0 Å². The van der Waals surface area contributed by atoms with E-state index in [1.54, 1.807) is 79.1 Å². The number of alkyl carbamates (subject to hydrolysis) is 1. The molecule has 0 radical (unpaired) electrons. The Labute approximate surface area is 431 Å². The molecule has 8 rings (SSSR count). The maximum absolute atomic E-state index is 15.1. The number of nitrogens with one attached hydrogen (secondary N) is 1. The third-order valence-corrected chi connectivity index (χ3v) is 11.5. The van der Waals surface area contributed by atoms with Crippen LogP contribution in [-0.2, 0) is 23.8 Å². The lowest BCUT2D eigenvalue weighted by atomic mass is 10.2. The minimum Gasteiger partial charge on any atom is -0.484 e. The molecule has 0 aliphatic carbocycles. The van der Waals surface area contributed by atoms with E-state index in [9.17, 15) is 28.4 Å². The van der Waals surface area contributed by atoms with Crippen LogP contribution >= 0.6 is 24.8 Å². The number of halogens is 4. The SMILES string of the molecule is C.CC(C)(C)OC(=O)NC[C@H]1CN(c2ccc(N3CCN(C(=O)COc4ccccc4)CC3)c(F)c2)C(=O)O1.Cl.Cl.NC[C@H]1CN(c2ccc(N3CCN(C(=O)COc4ccccc4)CC3)c(F)c2)C(=O)O1. The van der Waals surface area contributed by atoms with Crippen LogP contribution in [0.15, 0.2) is 97.1 Å². The first-order valence-electron chi connectivity index (χ1n) is 22.8. The number of hydrogen-bond donors (Lipinski definition) is 2. The molecule has 5 amide bonds. The van der Waals surface area contributed by atoms with Gasteiger partial charge in [-0.1, -0.05) is 43.8 Å². The number of piperazine rings is 2. The molecule has 4 aliphatic rings. The molecule has 0 unspecified atom stereocenters. The number of nitrogens with two attached hydrogens (primary N) is 1. The van der Waals surface area contributed by atoms with Gasteiger partial charge in [-0.15, -0.1) is 24.8 Å². The number of benzene rings is 4. The molecule has 0 bridgehead atoms. The van der Waals surface area contributed by atoms with Gasteiger partial charge in [0, 0.05) is 58.9 Å². The maximum Gasteiger partial charge on any atom is 0.414 e. The van der Waals surface area contributed by atoms with Gasteiger partial charge in [-0.3, -0.25) is 19.4 Å². The molecule has 2 atom stereocenters. The smallest absolute Gasteiger partial charge is 0.414 e. The first-order chi connectivity index (χ1) is 33.1. The van der Waals surface area contributed by atoms with Crippen molar-refractivity contribution < 1.29 is 56.4 Å². The van der Waals surface area contributed by atoms with E-state index in [2.05, 4.69) is 5.32 Å². The van der Waals surface area contributed by atoms with Gasteiger partial charge in [0.15, 0.2) is 13.2 Å². The molecule has 0 saturated carbocycles. The fourth-order valence-corrected chi connectivity index (χ4v) is 7.95. The standard InChI is InChI=1S/C27H33FN4O6.C22H25FN4O4.CH4.2ClH/c1-27(2,3)38-25(34)29-16-21-17-32(26(35)37-21)19-9-10-23(22(28)15-19)30-11-13-31(14-12-30)24(33)18-36-20-7-5-4-6-8-20;23-19-12-16(27-14-18(13-24)31-22(27)29)6-7-20(19)25-8-10-26(11-9-25)21(28)15-30-17-4-2-1-3-5-17;;;/h4-10,15,21H,11-14,16-18H2,1-3H3,(H,29,34);1-7,12,18H,8-11,13-15,24H2;1H4;2*1H/t21-;18-;;;/m00.../s1. The monoisotopic (exact) mass is 1040 g/mol. The molecule has 4 aliphatic heterocycles. The summed E-state index contributed by atoms with van der Waals surface area (Å²) in [7, 11) is 0. The first kappa shape index (κ1) is 57.8. The average Bonchev–Trinajstić information content (AvgIpc) is 3.93. The molecule has 392 valence electrons. The highest BCUT2D eigenvalue weighted by Gasteiger charge is 2.35. The summed E-state index contributed by atoms with van der Waals surface area (Å²) in [4.78, 5) is 71.0. The molecule has 4 fully saturated rings. The molecular weight excluding hydrogens is 981 g/mol. The quantitative estimate of drug-likeness (QED) is 0.135. The molecule has 4 aromatic carbocycles. The van der Waals surface area contributed by atoms with E-state index in [1.165, 1.54) is 21.9 Å². The summed E-state index contributed by atoms with van der Waals surface area (Å²) in [5, 5.41) is 2.58. The van der Waals surface area contributed by atoms with Gasteiger partial charge in [-0.2, -0.15) is 0 Å². The number of nitrogens with zero attached hydrogens (tertiary/aromatic N) is 6. The van der Waals surface area contributed by atoms with Crippen molar-refractivity contribution in [3.8, 4) is 11.5 Å². The highest BCUT2D eigenvalue weighted by atomic mass is 35.5.